The Balaban J connectivity index is 1.69. The number of aliphatic hydroxyl groups is 1. The molecule has 1 saturated heterocycles. The molecule has 0 saturated carbocycles. The van der Waals surface area contributed by atoms with Crippen LogP contribution in [0.5, 0.6) is 0 Å². The van der Waals surface area contributed by atoms with Gasteiger partial charge in [-0.05, 0) is 26.7 Å². The van der Waals surface area contributed by atoms with Crippen LogP contribution in [0.4, 0.5) is 5.82 Å². The molecule has 1 amide bonds. The van der Waals surface area contributed by atoms with Gasteiger partial charge in [0, 0.05) is 32.5 Å². The van der Waals surface area contributed by atoms with Crippen molar-refractivity contribution in [1.82, 2.24) is 29.6 Å². The Morgan fingerprint density at radius 1 is 1.38 bits per heavy atom. The highest BCUT2D eigenvalue weighted by Gasteiger charge is 2.39. The first-order valence-electron chi connectivity index (χ1n) is 8.66. The first-order valence-corrected chi connectivity index (χ1v) is 8.66. The zero-order valence-electron chi connectivity index (χ0n) is 15.4. The average Bonchev–Trinajstić information content (AvgIpc) is 3.17. The maximum absolute atomic E-state index is 12.9. The molecule has 1 aliphatic heterocycles. The van der Waals surface area contributed by atoms with Crippen molar-refractivity contribution < 1.29 is 9.90 Å². The van der Waals surface area contributed by atoms with Crippen LogP contribution in [-0.2, 0) is 10.3 Å². The molecule has 0 radical (unpaired) electrons. The molecule has 1 aliphatic rings. The third-order valence-electron chi connectivity index (χ3n) is 4.82. The van der Waals surface area contributed by atoms with Gasteiger partial charge in [0.2, 0.25) is 5.91 Å². The highest BCUT2D eigenvalue weighted by Crippen LogP contribution is 2.26. The molecule has 1 atom stereocenters. The van der Waals surface area contributed by atoms with Crippen LogP contribution < -0.4 is 4.90 Å². The number of carbonyl (C=O) groups excluding carboxylic acids is 1. The maximum atomic E-state index is 12.9. The van der Waals surface area contributed by atoms with Crippen LogP contribution in [0.25, 0.3) is 0 Å². The highest BCUT2D eigenvalue weighted by molar-refractivity contribution is 5.83. The molecule has 0 aliphatic carbocycles. The van der Waals surface area contributed by atoms with Crippen LogP contribution in [0.2, 0.25) is 0 Å². The van der Waals surface area contributed by atoms with Gasteiger partial charge in [-0.3, -0.25) is 9.78 Å². The van der Waals surface area contributed by atoms with Crippen molar-refractivity contribution in [2.45, 2.75) is 37.8 Å². The maximum Gasteiger partial charge on any atom is 0.249 e. The van der Waals surface area contributed by atoms with E-state index in [0.717, 1.165) is 18.8 Å². The van der Waals surface area contributed by atoms with Crippen LogP contribution in [0.3, 0.4) is 0 Å². The number of amides is 1. The summed E-state index contributed by atoms with van der Waals surface area (Å²) in [4.78, 5) is 28.8. The molecule has 1 unspecified atom stereocenters. The standard InChI is InChI=1S/C17H25N7O2/c1-16(2,24-13-19-12-21-24)15(25)22(3)10-17(26)5-4-8-23(11-17)14-9-18-6-7-20-14/h6-7,9,12-13,26H,4-5,8,10-11H2,1-3H3. The van der Waals surface area contributed by atoms with Crippen molar-refractivity contribution in [2.24, 2.45) is 0 Å². The van der Waals surface area contributed by atoms with E-state index >= 15 is 0 Å². The van der Waals surface area contributed by atoms with Gasteiger partial charge in [0.1, 0.15) is 24.0 Å². The SMILES string of the molecule is CN(CC1(O)CCCN(c2cnccn2)C1)C(=O)C(C)(C)n1cncn1. The fraction of sp³-hybridized carbons (Fsp3) is 0.588. The lowest BCUT2D eigenvalue weighted by Gasteiger charge is -2.42. The van der Waals surface area contributed by atoms with Gasteiger partial charge in [0.05, 0.1) is 18.3 Å². The van der Waals surface area contributed by atoms with Crippen molar-refractivity contribution >= 4 is 11.7 Å². The number of carbonyl (C=O) groups is 1. The molecule has 2 aromatic heterocycles. The zero-order chi connectivity index (χ0) is 18.8. The van der Waals surface area contributed by atoms with Gasteiger partial charge in [-0.2, -0.15) is 5.10 Å². The van der Waals surface area contributed by atoms with Crippen LogP contribution in [0, 0.1) is 0 Å². The second-order valence-electron chi connectivity index (χ2n) is 7.37. The summed E-state index contributed by atoms with van der Waals surface area (Å²) in [5, 5.41) is 15.2. The van der Waals surface area contributed by atoms with E-state index in [-0.39, 0.29) is 12.5 Å². The Bertz CT molecular complexity index is 735. The van der Waals surface area contributed by atoms with E-state index < -0.39 is 11.1 Å². The number of β-amino-alcohol motifs (C(OH)–C–C–N with tert-alkyl or cyclic N) is 1. The number of likely N-dealkylation sites (N-methyl/N-ethyl adjacent to an activating group) is 1. The Kier molecular flexibility index (Phi) is 4.90. The predicted octanol–water partition coefficient (Wildman–Crippen LogP) is 0.293. The van der Waals surface area contributed by atoms with Crippen molar-refractivity contribution in [3.63, 3.8) is 0 Å². The highest BCUT2D eigenvalue weighted by atomic mass is 16.3. The molecule has 1 N–H and O–H groups in total. The van der Waals surface area contributed by atoms with Gasteiger partial charge >= 0.3 is 0 Å². The van der Waals surface area contributed by atoms with E-state index in [1.165, 1.54) is 17.3 Å². The molecule has 9 nitrogen and oxygen atoms in total. The number of nitrogens with zero attached hydrogens (tertiary/aromatic N) is 7. The van der Waals surface area contributed by atoms with Gasteiger partial charge in [-0.1, -0.05) is 0 Å². The van der Waals surface area contributed by atoms with Crippen LogP contribution in [0.15, 0.2) is 31.2 Å². The second-order valence-corrected chi connectivity index (χ2v) is 7.37. The quantitative estimate of drug-likeness (QED) is 0.819. The number of aromatic nitrogens is 5. The van der Waals surface area contributed by atoms with Gasteiger partial charge in [0.15, 0.2) is 0 Å². The number of hydrogen-bond donors (Lipinski definition) is 1. The van der Waals surface area contributed by atoms with Crippen LogP contribution >= 0.6 is 0 Å². The van der Waals surface area contributed by atoms with Gasteiger partial charge in [-0.15, -0.1) is 0 Å². The number of piperidine rings is 1. The minimum atomic E-state index is -1.00. The van der Waals surface area contributed by atoms with E-state index in [1.807, 2.05) is 4.90 Å². The molecule has 9 heteroatoms. The molecule has 3 rings (SSSR count). The lowest BCUT2D eigenvalue weighted by Crippen LogP contribution is -2.57. The lowest BCUT2D eigenvalue weighted by atomic mass is 9.91. The molecule has 2 aromatic rings. The van der Waals surface area contributed by atoms with E-state index in [2.05, 4.69) is 20.1 Å². The van der Waals surface area contributed by atoms with Crippen molar-refractivity contribution in [3.05, 3.63) is 31.2 Å². The minimum Gasteiger partial charge on any atom is -0.386 e. The third kappa shape index (κ3) is 3.67. The summed E-state index contributed by atoms with van der Waals surface area (Å²) in [5.41, 5.74) is -1.88. The summed E-state index contributed by atoms with van der Waals surface area (Å²) in [6.07, 6.45) is 9.33. The molecule has 1 fully saturated rings. The topological polar surface area (TPSA) is 100 Å². The van der Waals surface area contributed by atoms with E-state index in [1.54, 1.807) is 44.4 Å². The lowest BCUT2D eigenvalue weighted by molar-refractivity contribution is -0.142. The van der Waals surface area contributed by atoms with Gasteiger partial charge in [-0.25, -0.2) is 14.6 Å². The second kappa shape index (κ2) is 6.99. The first-order chi connectivity index (χ1) is 12.3. The van der Waals surface area contributed by atoms with Crippen molar-refractivity contribution in [3.8, 4) is 0 Å². The Labute approximate surface area is 152 Å². The Morgan fingerprint density at radius 3 is 2.85 bits per heavy atom. The summed E-state index contributed by atoms with van der Waals surface area (Å²) in [6, 6.07) is 0. The largest absolute Gasteiger partial charge is 0.386 e. The fourth-order valence-corrected chi connectivity index (χ4v) is 3.47. The monoisotopic (exact) mass is 359 g/mol. The van der Waals surface area contributed by atoms with Crippen molar-refractivity contribution in [2.75, 3.05) is 31.6 Å². The van der Waals surface area contributed by atoms with Gasteiger partial charge in [0.25, 0.3) is 0 Å². The van der Waals surface area contributed by atoms with Crippen LogP contribution in [-0.4, -0.2) is 72.9 Å². The molecule has 0 aromatic carbocycles. The average molecular weight is 359 g/mol. The van der Waals surface area contributed by atoms with Crippen LogP contribution in [0.1, 0.15) is 26.7 Å². The Hall–Kier alpha value is -2.55. The molecule has 140 valence electrons. The number of hydrogen-bond acceptors (Lipinski definition) is 7. The third-order valence-corrected chi connectivity index (χ3v) is 4.82. The molecular weight excluding hydrogens is 334 g/mol. The summed E-state index contributed by atoms with van der Waals surface area (Å²) in [7, 11) is 1.71. The van der Waals surface area contributed by atoms with E-state index in [0.29, 0.717) is 13.0 Å². The van der Waals surface area contributed by atoms with E-state index in [4.69, 9.17) is 0 Å². The molecule has 26 heavy (non-hydrogen) atoms. The number of anilines is 1. The fourth-order valence-electron chi connectivity index (χ4n) is 3.47. The summed E-state index contributed by atoms with van der Waals surface area (Å²) >= 11 is 0. The molecule has 0 bridgehead atoms. The summed E-state index contributed by atoms with van der Waals surface area (Å²) in [6.45, 7) is 5.03. The Morgan fingerprint density at radius 2 is 2.19 bits per heavy atom. The summed E-state index contributed by atoms with van der Waals surface area (Å²) in [5.74, 6) is 0.607. The molecule has 0 spiro atoms. The molecular formula is C17H25N7O2. The molecule has 3 heterocycles. The van der Waals surface area contributed by atoms with E-state index in [9.17, 15) is 9.90 Å². The van der Waals surface area contributed by atoms with Gasteiger partial charge < -0.3 is 14.9 Å². The van der Waals surface area contributed by atoms with Crippen molar-refractivity contribution in [1.29, 1.82) is 0 Å². The minimum absolute atomic E-state index is 0.131. The first kappa shape index (κ1) is 18.2. The smallest absolute Gasteiger partial charge is 0.249 e. The number of rotatable bonds is 5. The normalized spacial score (nSPS) is 20.8. The zero-order valence-corrected chi connectivity index (χ0v) is 15.4. The predicted molar refractivity (Wildman–Crippen MR) is 95.4 cm³/mol. The summed E-state index contributed by atoms with van der Waals surface area (Å²) < 4.78 is 1.53.